The van der Waals surface area contributed by atoms with Crippen LogP contribution in [0.3, 0.4) is 0 Å². The fourth-order valence-corrected chi connectivity index (χ4v) is 5.99. The maximum Gasteiger partial charge on any atom is 0.313 e. The van der Waals surface area contributed by atoms with Crippen molar-refractivity contribution in [2.24, 2.45) is 17.6 Å². The smallest absolute Gasteiger partial charge is 0.313 e. The van der Waals surface area contributed by atoms with Crippen LogP contribution in [-0.2, 0) is 20.8 Å². The monoisotopic (exact) mass is 530 g/mol. The van der Waals surface area contributed by atoms with Gasteiger partial charge in [-0.05, 0) is 44.8 Å². The number of benzene rings is 1. The molecule has 4 atom stereocenters. The number of carbonyl (C=O) groups is 3. The Morgan fingerprint density at radius 1 is 1.29 bits per heavy atom. The van der Waals surface area contributed by atoms with Crippen LogP contribution in [0.1, 0.15) is 37.3 Å². The third kappa shape index (κ3) is 3.72. The largest absolute Gasteiger partial charge is 0.508 e. The highest BCUT2D eigenvalue weighted by Crippen LogP contribution is 2.54. The first kappa shape index (κ1) is 27.1. The van der Waals surface area contributed by atoms with Crippen molar-refractivity contribution in [2.45, 2.75) is 44.2 Å². The SMILES string of the molecule is CCCCNc1cc([N+](=O)[O-])c(O)c2c1CC1CC3[C@H](N(C)C)C(=O)C(C(N)=O)=C(O)[C@@]3(O)C(=O)C1=C2O. The number of hydrogen-bond acceptors (Lipinski definition) is 11. The van der Waals surface area contributed by atoms with Crippen molar-refractivity contribution in [3.05, 3.63) is 44.2 Å². The van der Waals surface area contributed by atoms with Crippen LogP contribution in [0, 0.1) is 22.0 Å². The Morgan fingerprint density at radius 3 is 2.50 bits per heavy atom. The number of amides is 1. The van der Waals surface area contributed by atoms with Crippen molar-refractivity contribution in [3.63, 3.8) is 0 Å². The lowest BCUT2D eigenvalue weighted by atomic mass is 9.57. The maximum absolute atomic E-state index is 13.8. The first-order valence-electron chi connectivity index (χ1n) is 12.2. The van der Waals surface area contributed by atoms with Crippen molar-refractivity contribution in [1.29, 1.82) is 0 Å². The average Bonchev–Trinajstić information content (AvgIpc) is 2.82. The molecule has 13 nitrogen and oxygen atoms in total. The van der Waals surface area contributed by atoms with Crippen LogP contribution in [0.25, 0.3) is 5.76 Å². The highest BCUT2D eigenvalue weighted by Gasteiger charge is 2.64. The summed E-state index contributed by atoms with van der Waals surface area (Å²) in [7, 11) is 3.03. The summed E-state index contributed by atoms with van der Waals surface area (Å²) in [4.78, 5) is 51.3. The third-order valence-corrected chi connectivity index (χ3v) is 7.74. The molecular weight excluding hydrogens is 500 g/mol. The number of aliphatic hydroxyl groups is 3. The molecule has 1 fully saturated rings. The fraction of sp³-hybridized carbons (Fsp3) is 0.480. The minimum absolute atomic E-state index is 0.0363. The summed E-state index contributed by atoms with van der Waals surface area (Å²) >= 11 is 0. The number of aliphatic hydroxyl groups excluding tert-OH is 2. The average molecular weight is 531 g/mol. The number of nitro groups is 1. The molecule has 1 saturated carbocycles. The molecule has 2 unspecified atom stereocenters. The van der Waals surface area contributed by atoms with E-state index in [2.05, 4.69) is 5.32 Å². The van der Waals surface area contributed by atoms with Gasteiger partial charge >= 0.3 is 5.69 Å². The van der Waals surface area contributed by atoms with Crippen molar-refractivity contribution in [2.75, 3.05) is 26.0 Å². The third-order valence-electron chi connectivity index (χ3n) is 7.74. The number of rotatable bonds is 7. The van der Waals surface area contributed by atoms with E-state index >= 15 is 0 Å². The van der Waals surface area contributed by atoms with E-state index in [0.29, 0.717) is 17.8 Å². The minimum atomic E-state index is -2.77. The molecule has 0 heterocycles. The summed E-state index contributed by atoms with van der Waals surface area (Å²) in [6.45, 7) is 2.42. The molecule has 3 aliphatic carbocycles. The zero-order valence-corrected chi connectivity index (χ0v) is 21.1. The van der Waals surface area contributed by atoms with Crippen LogP contribution in [0.15, 0.2) is 23.0 Å². The summed E-state index contributed by atoms with van der Waals surface area (Å²) in [5.41, 5.74) is 0.885. The molecule has 4 rings (SSSR count). The molecule has 7 N–H and O–H groups in total. The predicted octanol–water partition coefficient (Wildman–Crippen LogP) is 1.08. The molecule has 38 heavy (non-hydrogen) atoms. The van der Waals surface area contributed by atoms with Gasteiger partial charge in [-0.2, -0.15) is 0 Å². The van der Waals surface area contributed by atoms with Crippen LogP contribution in [0.4, 0.5) is 11.4 Å². The van der Waals surface area contributed by atoms with Gasteiger partial charge in [0.05, 0.1) is 16.5 Å². The molecular formula is C25H30N4O9. The van der Waals surface area contributed by atoms with E-state index in [4.69, 9.17) is 5.73 Å². The molecule has 1 aromatic rings. The van der Waals surface area contributed by atoms with Gasteiger partial charge in [0.1, 0.15) is 17.1 Å². The quantitative estimate of drug-likeness (QED) is 0.0963. The zero-order valence-electron chi connectivity index (χ0n) is 21.1. The minimum Gasteiger partial charge on any atom is -0.508 e. The summed E-state index contributed by atoms with van der Waals surface area (Å²) in [6.07, 6.45) is 1.55. The summed E-state index contributed by atoms with van der Waals surface area (Å²) < 4.78 is 0. The van der Waals surface area contributed by atoms with Crippen molar-refractivity contribution >= 4 is 34.6 Å². The van der Waals surface area contributed by atoms with Crippen molar-refractivity contribution in [1.82, 2.24) is 4.90 Å². The van der Waals surface area contributed by atoms with Gasteiger partial charge in [-0.1, -0.05) is 13.3 Å². The number of nitrogens with zero attached hydrogens (tertiary/aromatic N) is 2. The molecule has 1 aromatic carbocycles. The number of unbranched alkanes of at least 4 members (excludes halogenated alkanes) is 1. The van der Waals surface area contributed by atoms with E-state index in [1.807, 2.05) is 6.92 Å². The number of phenols is 1. The summed E-state index contributed by atoms with van der Waals surface area (Å²) in [6, 6.07) is -0.0244. The Bertz CT molecular complexity index is 1330. The number of anilines is 1. The second kappa shape index (κ2) is 9.40. The van der Waals surface area contributed by atoms with Gasteiger partial charge in [-0.25, -0.2) is 0 Å². The first-order valence-corrected chi connectivity index (χ1v) is 12.2. The Hall–Kier alpha value is -3.97. The van der Waals surface area contributed by atoms with Gasteiger partial charge in [-0.15, -0.1) is 0 Å². The molecule has 3 aliphatic rings. The molecule has 0 aliphatic heterocycles. The normalized spacial score (nSPS) is 26.7. The second-order valence-corrected chi connectivity index (χ2v) is 10.1. The van der Waals surface area contributed by atoms with E-state index in [1.165, 1.54) is 25.1 Å². The van der Waals surface area contributed by atoms with Crippen LogP contribution in [0.5, 0.6) is 5.75 Å². The number of ketones is 2. The van der Waals surface area contributed by atoms with Crippen molar-refractivity contribution < 1.29 is 39.7 Å². The fourth-order valence-electron chi connectivity index (χ4n) is 5.99. The molecule has 0 spiro atoms. The highest BCUT2D eigenvalue weighted by molar-refractivity contribution is 6.24. The lowest BCUT2D eigenvalue weighted by Crippen LogP contribution is -2.65. The lowest BCUT2D eigenvalue weighted by Gasteiger charge is -2.50. The molecule has 0 radical (unpaired) electrons. The van der Waals surface area contributed by atoms with Gasteiger partial charge in [0.15, 0.2) is 11.4 Å². The van der Waals surface area contributed by atoms with Gasteiger partial charge in [0, 0.05) is 29.8 Å². The van der Waals surface area contributed by atoms with Crippen LogP contribution >= 0.6 is 0 Å². The molecule has 1 amide bonds. The van der Waals surface area contributed by atoms with Gasteiger partial charge in [-0.3, -0.25) is 29.4 Å². The van der Waals surface area contributed by atoms with Gasteiger partial charge in [0.2, 0.25) is 11.5 Å². The van der Waals surface area contributed by atoms with E-state index < -0.39 is 74.4 Å². The number of phenolic OH excluding ortho intramolecular Hbond substituents is 1. The van der Waals surface area contributed by atoms with Crippen LogP contribution in [-0.4, -0.2) is 80.0 Å². The Balaban J connectivity index is 1.97. The number of hydrogen-bond donors (Lipinski definition) is 6. The number of carbonyl (C=O) groups excluding carboxylic acids is 3. The van der Waals surface area contributed by atoms with E-state index in [-0.39, 0.29) is 24.0 Å². The second-order valence-electron chi connectivity index (χ2n) is 10.1. The molecule has 204 valence electrons. The van der Waals surface area contributed by atoms with Crippen LogP contribution < -0.4 is 11.1 Å². The first-order chi connectivity index (χ1) is 17.8. The summed E-state index contributed by atoms with van der Waals surface area (Å²) in [5.74, 6) is -8.15. The molecule has 13 heteroatoms. The van der Waals surface area contributed by atoms with E-state index in [9.17, 15) is 44.9 Å². The number of nitro benzene ring substituents is 1. The number of aromatic hydroxyl groups is 1. The number of nitrogens with two attached hydrogens (primary N) is 1. The zero-order chi connectivity index (χ0) is 28.3. The van der Waals surface area contributed by atoms with Crippen molar-refractivity contribution in [3.8, 4) is 5.75 Å². The number of fused-ring (bicyclic) bond motifs is 3. The van der Waals surface area contributed by atoms with E-state index in [1.54, 1.807) is 0 Å². The lowest BCUT2D eigenvalue weighted by molar-refractivity contribution is -0.385. The standard InChI is InChI=1S/C25H30N4O9/c1-4-5-6-27-13-9-14(29(37)38)19(30)16-11(13)7-10-8-12-18(28(2)3)21(32)17(24(26)35)23(34)25(12,36)22(33)15(10)20(16)31/h9-10,12,18,27,30-31,34,36H,4-8H2,1-3H3,(H2,26,35)/t10?,12?,18-,25-/m0/s1. The predicted molar refractivity (Wildman–Crippen MR) is 134 cm³/mol. The van der Waals surface area contributed by atoms with Gasteiger partial charge < -0.3 is 31.5 Å². The highest BCUT2D eigenvalue weighted by atomic mass is 16.6. The topological polar surface area (TPSA) is 217 Å². The number of nitrogens with one attached hydrogen (secondary N) is 1. The number of primary amides is 1. The van der Waals surface area contributed by atoms with Crippen LogP contribution in [0.2, 0.25) is 0 Å². The molecule has 0 bridgehead atoms. The Morgan fingerprint density at radius 2 is 1.95 bits per heavy atom. The van der Waals surface area contributed by atoms with E-state index in [0.717, 1.165) is 12.8 Å². The molecule has 0 saturated heterocycles. The maximum atomic E-state index is 13.8. The number of likely N-dealkylation sites (N-methyl/N-ethyl adjacent to an activating group) is 1. The number of Topliss-reactive ketones (excluding diaryl/α,β-unsaturated/α-hetero) is 2. The molecule has 0 aromatic heterocycles. The summed E-state index contributed by atoms with van der Waals surface area (Å²) in [5, 5.41) is 59.3. The Labute approximate surface area is 217 Å². The Kier molecular flexibility index (Phi) is 6.70. The van der Waals surface area contributed by atoms with Gasteiger partial charge in [0.25, 0.3) is 5.91 Å².